The molecule has 0 amide bonds. The molecule has 0 bridgehead atoms. The number of benzene rings is 2. The van der Waals surface area contributed by atoms with Crippen LogP contribution in [-0.2, 0) is 10.0 Å². The molecule has 2 N–H and O–H groups in total. The van der Waals surface area contributed by atoms with Gasteiger partial charge < -0.3 is 14.8 Å². The lowest BCUT2D eigenvalue weighted by atomic mass is 10.3. The zero-order chi connectivity index (χ0) is 17.6. The van der Waals surface area contributed by atoms with Gasteiger partial charge in [-0.05, 0) is 36.4 Å². The molecule has 0 aliphatic rings. The third-order valence-electron chi connectivity index (χ3n) is 3.25. The largest absolute Gasteiger partial charge is 0.497 e. The molecule has 0 aliphatic heterocycles. The highest BCUT2D eigenvalue weighted by Crippen LogP contribution is 2.29. The minimum Gasteiger partial charge on any atom is -0.497 e. The van der Waals surface area contributed by atoms with Gasteiger partial charge in [0.2, 0.25) is 0 Å². The molecule has 0 heterocycles. The van der Waals surface area contributed by atoms with Gasteiger partial charge in [-0.2, -0.15) is 0 Å². The molecule has 24 heavy (non-hydrogen) atoms. The average molecular weight is 348 g/mol. The van der Waals surface area contributed by atoms with Gasteiger partial charge in [-0.1, -0.05) is 6.08 Å². The Morgan fingerprint density at radius 3 is 2.29 bits per heavy atom. The van der Waals surface area contributed by atoms with E-state index in [4.69, 9.17) is 9.47 Å². The summed E-state index contributed by atoms with van der Waals surface area (Å²) in [6.07, 6.45) is 1.74. The molecular formula is C17H20N2O4S. The minimum atomic E-state index is -3.78. The molecule has 0 aliphatic carbocycles. The summed E-state index contributed by atoms with van der Waals surface area (Å²) in [7, 11) is -0.864. The van der Waals surface area contributed by atoms with E-state index in [9.17, 15) is 8.42 Å². The highest BCUT2D eigenvalue weighted by molar-refractivity contribution is 7.92. The van der Waals surface area contributed by atoms with Gasteiger partial charge in [0.05, 0.1) is 14.2 Å². The predicted molar refractivity (Wildman–Crippen MR) is 95.5 cm³/mol. The predicted octanol–water partition coefficient (Wildman–Crippen LogP) is 3.10. The van der Waals surface area contributed by atoms with Crippen LogP contribution in [0.5, 0.6) is 11.5 Å². The Labute approximate surface area is 142 Å². The van der Waals surface area contributed by atoms with Crippen molar-refractivity contribution < 1.29 is 17.9 Å². The molecule has 0 saturated heterocycles. The highest BCUT2D eigenvalue weighted by Gasteiger charge is 2.20. The van der Waals surface area contributed by atoms with Crippen molar-refractivity contribution >= 4 is 21.4 Å². The number of methoxy groups -OCH3 is 2. The molecule has 128 valence electrons. The first-order chi connectivity index (χ1) is 11.5. The van der Waals surface area contributed by atoms with Crippen molar-refractivity contribution in [3.8, 4) is 11.5 Å². The van der Waals surface area contributed by atoms with Gasteiger partial charge in [0.1, 0.15) is 16.4 Å². The van der Waals surface area contributed by atoms with E-state index in [1.54, 1.807) is 36.4 Å². The average Bonchev–Trinajstić information content (AvgIpc) is 2.60. The fourth-order valence-corrected chi connectivity index (χ4v) is 3.26. The van der Waals surface area contributed by atoms with Crippen LogP contribution < -0.4 is 19.5 Å². The van der Waals surface area contributed by atoms with Crippen molar-refractivity contribution in [3.63, 3.8) is 0 Å². The van der Waals surface area contributed by atoms with E-state index in [0.29, 0.717) is 18.0 Å². The second-order valence-electron chi connectivity index (χ2n) is 4.87. The lowest BCUT2D eigenvalue weighted by Gasteiger charge is -2.13. The van der Waals surface area contributed by atoms with E-state index in [1.165, 1.54) is 26.4 Å². The fraction of sp³-hybridized carbons (Fsp3) is 0.176. The van der Waals surface area contributed by atoms with Gasteiger partial charge >= 0.3 is 0 Å². The van der Waals surface area contributed by atoms with Crippen LogP contribution in [0.1, 0.15) is 0 Å². The van der Waals surface area contributed by atoms with Crippen molar-refractivity contribution in [2.75, 3.05) is 30.8 Å². The number of sulfonamides is 1. The van der Waals surface area contributed by atoms with Crippen molar-refractivity contribution in [1.29, 1.82) is 0 Å². The van der Waals surface area contributed by atoms with Crippen LogP contribution in [0.4, 0.5) is 11.4 Å². The molecule has 2 aromatic rings. The maximum absolute atomic E-state index is 12.6. The lowest BCUT2D eigenvalue weighted by molar-refractivity contribution is 0.386. The van der Waals surface area contributed by atoms with Crippen molar-refractivity contribution in [3.05, 3.63) is 55.1 Å². The van der Waals surface area contributed by atoms with E-state index >= 15 is 0 Å². The Hall–Kier alpha value is -2.67. The van der Waals surface area contributed by atoms with E-state index in [1.807, 2.05) is 0 Å². The Kier molecular flexibility index (Phi) is 5.70. The van der Waals surface area contributed by atoms with Crippen LogP contribution in [0.2, 0.25) is 0 Å². The minimum absolute atomic E-state index is 0.0414. The highest BCUT2D eigenvalue weighted by atomic mass is 32.2. The number of ether oxygens (including phenoxy) is 2. The molecule has 0 aromatic heterocycles. The fourth-order valence-electron chi connectivity index (χ4n) is 2.05. The summed E-state index contributed by atoms with van der Waals surface area (Å²) in [5.41, 5.74) is 1.33. The summed E-state index contributed by atoms with van der Waals surface area (Å²) in [5, 5.41) is 3.12. The van der Waals surface area contributed by atoms with Crippen molar-refractivity contribution in [2.24, 2.45) is 0 Å². The molecule has 6 nitrogen and oxygen atoms in total. The number of hydrogen-bond acceptors (Lipinski definition) is 5. The number of rotatable bonds is 8. The van der Waals surface area contributed by atoms with Gasteiger partial charge in [-0.25, -0.2) is 8.42 Å². The number of anilines is 2. The van der Waals surface area contributed by atoms with Crippen LogP contribution >= 0.6 is 0 Å². The lowest BCUT2D eigenvalue weighted by Crippen LogP contribution is -2.14. The monoisotopic (exact) mass is 348 g/mol. The first kappa shape index (κ1) is 17.7. The standard InChI is InChI=1S/C17H20N2O4S/c1-4-11-18-13-5-7-14(8-6-13)19-24(20,21)17-10-9-15(22-2)12-16(17)23-3/h4-10,12,18-19H,1,11H2,2-3H3. The Morgan fingerprint density at radius 2 is 1.71 bits per heavy atom. The van der Waals surface area contributed by atoms with Crippen molar-refractivity contribution in [2.45, 2.75) is 4.90 Å². The van der Waals surface area contributed by atoms with Gasteiger partial charge in [0.15, 0.2) is 0 Å². The number of nitrogens with one attached hydrogen (secondary N) is 2. The summed E-state index contributed by atoms with van der Waals surface area (Å²) in [4.78, 5) is 0.0414. The van der Waals surface area contributed by atoms with Gasteiger partial charge in [0, 0.05) is 24.0 Å². The van der Waals surface area contributed by atoms with Gasteiger partial charge in [-0.15, -0.1) is 6.58 Å². The van der Waals surface area contributed by atoms with E-state index < -0.39 is 10.0 Å². The Bertz CT molecular complexity index is 802. The Morgan fingerprint density at radius 1 is 1.04 bits per heavy atom. The summed E-state index contributed by atoms with van der Waals surface area (Å²) in [6.45, 7) is 4.26. The van der Waals surface area contributed by atoms with Crippen LogP contribution in [0.25, 0.3) is 0 Å². The zero-order valence-corrected chi connectivity index (χ0v) is 14.4. The molecule has 2 rings (SSSR count). The SMILES string of the molecule is C=CCNc1ccc(NS(=O)(=O)c2ccc(OC)cc2OC)cc1. The second-order valence-corrected chi connectivity index (χ2v) is 6.52. The topological polar surface area (TPSA) is 76.7 Å². The summed E-state index contributed by atoms with van der Waals surface area (Å²) in [6, 6.07) is 11.5. The molecule has 0 radical (unpaired) electrons. The maximum Gasteiger partial charge on any atom is 0.265 e. The molecule has 7 heteroatoms. The first-order valence-corrected chi connectivity index (χ1v) is 8.68. The summed E-state index contributed by atoms with van der Waals surface area (Å²) in [5.74, 6) is 0.731. The molecule has 2 aromatic carbocycles. The smallest absolute Gasteiger partial charge is 0.265 e. The van der Waals surface area contributed by atoms with E-state index in [-0.39, 0.29) is 10.6 Å². The quantitative estimate of drug-likeness (QED) is 0.717. The van der Waals surface area contributed by atoms with Crippen LogP contribution in [-0.4, -0.2) is 29.2 Å². The summed E-state index contributed by atoms with van der Waals surface area (Å²) < 4.78 is 37.9. The third kappa shape index (κ3) is 4.20. The molecule has 0 fully saturated rings. The van der Waals surface area contributed by atoms with Gasteiger partial charge in [-0.3, -0.25) is 4.72 Å². The number of hydrogen-bond donors (Lipinski definition) is 2. The second kappa shape index (κ2) is 7.74. The van der Waals surface area contributed by atoms with E-state index in [2.05, 4.69) is 16.6 Å². The van der Waals surface area contributed by atoms with Crippen LogP contribution in [0, 0.1) is 0 Å². The summed E-state index contributed by atoms with van der Waals surface area (Å²) >= 11 is 0. The zero-order valence-electron chi connectivity index (χ0n) is 13.6. The molecular weight excluding hydrogens is 328 g/mol. The van der Waals surface area contributed by atoms with E-state index in [0.717, 1.165) is 5.69 Å². The molecule has 0 unspecified atom stereocenters. The first-order valence-electron chi connectivity index (χ1n) is 7.20. The van der Waals surface area contributed by atoms with Gasteiger partial charge in [0.25, 0.3) is 10.0 Å². The third-order valence-corrected chi connectivity index (χ3v) is 4.67. The molecule has 0 spiro atoms. The van der Waals surface area contributed by atoms with Crippen LogP contribution in [0.15, 0.2) is 60.0 Å². The normalized spacial score (nSPS) is 10.8. The molecule has 0 atom stereocenters. The van der Waals surface area contributed by atoms with Crippen LogP contribution in [0.3, 0.4) is 0 Å². The molecule has 0 saturated carbocycles. The maximum atomic E-state index is 12.6. The van der Waals surface area contributed by atoms with Crippen molar-refractivity contribution in [1.82, 2.24) is 0 Å². The Balaban J connectivity index is 2.23.